The van der Waals surface area contributed by atoms with Gasteiger partial charge in [-0.25, -0.2) is 4.79 Å². The van der Waals surface area contributed by atoms with Crippen LogP contribution in [-0.2, 0) is 4.74 Å². The fourth-order valence-corrected chi connectivity index (χ4v) is 1.62. The van der Waals surface area contributed by atoms with Crippen LogP contribution in [-0.4, -0.2) is 12.1 Å². The highest BCUT2D eigenvalue weighted by atomic mass is 127. The lowest BCUT2D eigenvalue weighted by Crippen LogP contribution is -2.35. The van der Waals surface area contributed by atoms with E-state index < -0.39 is 6.09 Å². The van der Waals surface area contributed by atoms with E-state index in [0.29, 0.717) is 0 Å². The summed E-state index contributed by atoms with van der Waals surface area (Å²) in [7, 11) is 0. The van der Waals surface area contributed by atoms with Crippen molar-refractivity contribution in [2.45, 2.75) is 38.1 Å². The van der Waals surface area contributed by atoms with Crippen LogP contribution >= 0.6 is 22.6 Å². The van der Waals surface area contributed by atoms with Crippen molar-refractivity contribution in [2.24, 2.45) is 0 Å². The molecule has 1 N–H and O–H groups in total. The molecule has 0 aromatic rings. The molecule has 4 heteroatoms. The number of amides is 1. The van der Waals surface area contributed by atoms with E-state index >= 15 is 0 Å². The van der Waals surface area contributed by atoms with Crippen LogP contribution in [0.4, 0.5) is 4.79 Å². The number of carbonyl (C=O) groups is 1. The van der Waals surface area contributed by atoms with Gasteiger partial charge >= 0.3 is 6.09 Å². The van der Waals surface area contributed by atoms with Crippen LogP contribution in [0.5, 0.6) is 0 Å². The third-order valence-electron chi connectivity index (χ3n) is 2.11. The summed E-state index contributed by atoms with van der Waals surface area (Å²) in [5, 5.41) is 2.79. The number of rotatable bonds is 1. The van der Waals surface area contributed by atoms with E-state index in [9.17, 15) is 4.79 Å². The summed E-state index contributed by atoms with van der Waals surface area (Å²) in [6.45, 7) is 0. The molecule has 0 aromatic carbocycles. The molecule has 3 nitrogen and oxygen atoms in total. The van der Waals surface area contributed by atoms with Crippen LogP contribution in [0.1, 0.15) is 32.1 Å². The van der Waals surface area contributed by atoms with Gasteiger partial charge in [-0.05, 0) is 12.8 Å². The van der Waals surface area contributed by atoms with Crippen molar-refractivity contribution in [3.63, 3.8) is 0 Å². The van der Waals surface area contributed by atoms with E-state index in [2.05, 4.69) is 20.1 Å². The van der Waals surface area contributed by atoms with Crippen LogP contribution in [0.25, 0.3) is 0 Å². The normalized spacial score (nSPS) is 17.0. The lowest BCUT2D eigenvalue weighted by Gasteiger charge is -2.21. The molecular weight excluding hydrogens is 281 g/mol. The Morgan fingerprint density at radius 3 is 2.69 bits per heavy atom. The first-order valence-electron chi connectivity index (χ1n) is 4.41. The van der Waals surface area contributed by atoms with Crippen molar-refractivity contribution in [1.82, 2.24) is 5.32 Å². The maximum absolute atomic E-state index is 11.0. The second kappa shape index (κ2) is 6.08. The zero-order valence-electron chi connectivity index (χ0n) is 7.31. The van der Waals surface area contributed by atoms with Gasteiger partial charge in [0.25, 0.3) is 0 Å². The first kappa shape index (κ1) is 10.6. The van der Waals surface area contributed by atoms with Gasteiger partial charge in [0.15, 0.2) is 0 Å². The van der Waals surface area contributed by atoms with Gasteiger partial charge in [-0.3, -0.25) is 0 Å². The average molecular weight is 293 g/mol. The largest absolute Gasteiger partial charge is 0.421 e. The Balaban J connectivity index is 2.20. The molecule has 0 spiro atoms. The number of halogens is 1. The molecule has 1 amide bonds. The SMILES string of the molecule is O=C(NC1CCCCC1)OC#CI. The fraction of sp³-hybridized carbons (Fsp3) is 0.667. The maximum atomic E-state index is 11.0. The van der Waals surface area contributed by atoms with Crippen molar-refractivity contribution in [3.8, 4) is 10.0 Å². The van der Waals surface area contributed by atoms with E-state index in [1.54, 1.807) is 0 Å². The van der Waals surface area contributed by atoms with Crippen LogP contribution in [0.3, 0.4) is 0 Å². The van der Waals surface area contributed by atoms with Crippen molar-refractivity contribution < 1.29 is 9.53 Å². The standard InChI is InChI=1S/C9H12INO2/c10-6-7-13-9(12)11-8-4-2-1-3-5-8/h8H,1-5H2,(H,11,12). The number of carbonyl (C=O) groups excluding carboxylic acids is 1. The van der Waals surface area contributed by atoms with Gasteiger partial charge in [-0.15, -0.1) is 0 Å². The highest BCUT2D eigenvalue weighted by Crippen LogP contribution is 2.17. The molecule has 0 aliphatic heterocycles. The molecule has 13 heavy (non-hydrogen) atoms. The summed E-state index contributed by atoms with van der Waals surface area (Å²) in [4.78, 5) is 11.0. The van der Waals surface area contributed by atoms with E-state index in [4.69, 9.17) is 0 Å². The molecule has 1 saturated carbocycles. The molecule has 1 aliphatic carbocycles. The predicted molar refractivity (Wildman–Crippen MR) is 58.3 cm³/mol. The van der Waals surface area contributed by atoms with Gasteiger partial charge in [-0.1, -0.05) is 19.3 Å². The summed E-state index contributed by atoms with van der Waals surface area (Å²) in [5.74, 6) is 0. The molecular formula is C9H12INO2. The minimum Gasteiger partial charge on any atom is -0.355 e. The predicted octanol–water partition coefficient (Wildman–Crippen LogP) is 2.40. The van der Waals surface area contributed by atoms with Gasteiger partial charge in [-0.2, -0.15) is 0 Å². The fourth-order valence-electron chi connectivity index (χ4n) is 1.51. The summed E-state index contributed by atoms with van der Waals surface area (Å²) in [6, 6.07) is 0.289. The summed E-state index contributed by atoms with van der Waals surface area (Å²) in [6.07, 6.45) is 7.64. The molecule has 0 aromatic heterocycles. The second-order valence-electron chi connectivity index (χ2n) is 3.07. The molecule has 1 rings (SSSR count). The Morgan fingerprint density at radius 2 is 2.08 bits per heavy atom. The van der Waals surface area contributed by atoms with Crippen molar-refractivity contribution in [2.75, 3.05) is 0 Å². The number of ether oxygens (including phenoxy) is 1. The second-order valence-corrected chi connectivity index (χ2v) is 3.60. The van der Waals surface area contributed by atoms with Crippen LogP contribution in [0, 0.1) is 10.0 Å². The molecule has 0 radical (unpaired) electrons. The smallest absolute Gasteiger partial charge is 0.355 e. The zero-order valence-corrected chi connectivity index (χ0v) is 9.46. The quantitative estimate of drug-likeness (QED) is 0.595. The molecule has 0 saturated heterocycles. The lowest BCUT2D eigenvalue weighted by molar-refractivity contribution is 0.183. The monoisotopic (exact) mass is 293 g/mol. The van der Waals surface area contributed by atoms with Crippen molar-refractivity contribution in [1.29, 1.82) is 0 Å². The third kappa shape index (κ3) is 4.36. The van der Waals surface area contributed by atoms with Crippen LogP contribution < -0.4 is 5.32 Å². The number of alkyl carbamates (subject to hydrolysis) is 1. The Morgan fingerprint density at radius 1 is 1.38 bits per heavy atom. The number of nitrogens with one attached hydrogen (secondary N) is 1. The molecule has 1 fully saturated rings. The minimum atomic E-state index is -0.420. The summed E-state index contributed by atoms with van der Waals surface area (Å²) < 4.78 is 7.05. The number of hydrogen-bond donors (Lipinski definition) is 1. The molecule has 0 bridgehead atoms. The first-order chi connectivity index (χ1) is 6.33. The summed E-state index contributed by atoms with van der Waals surface area (Å²) in [5.41, 5.74) is 0. The van der Waals surface area contributed by atoms with Gasteiger partial charge < -0.3 is 10.1 Å². The van der Waals surface area contributed by atoms with E-state index in [0.717, 1.165) is 12.8 Å². The van der Waals surface area contributed by atoms with Crippen LogP contribution in [0.15, 0.2) is 0 Å². The Kier molecular flexibility index (Phi) is 4.98. The third-order valence-corrected chi connectivity index (χ3v) is 2.33. The first-order valence-corrected chi connectivity index (χ1v) is 5.49. The topological polar surface area (TPSA) is 38.3 Å². The molecule has 0 heterocycles. The Labute approximate surface area is 91.7 Å². The molecule has 72 valence electrons. The number of hydrogen-bond acceptors (Lipinski definition) is 2. The maximum Gasteiger partial charge on any atom is 0.421 e. The lowest BCUT2D eigenvalue weighted by atomic mass is 9.96. The zero-order chi connectivity index (χ0) is 9.52. The Hall–Kier alpha value is -0.440. The minimum absolute atomic E-state index is 0.289. The van der Waals surface area contributed by atoms with E-state index in [1.807, 2.05) is 22.6 Å². The molecule has 0 atom stereocenters. The average Bonchev–Trinajstić information content (AvgIpc) is 2.16. The molecule has 1 aliphatic rings. The summed E-state index contributed by atoms with van der Waals surface area (Å²) >= 11 is 1.83. The van der Waals surface area contributed by atoms with Crippen molar-refractivity contribution >= 4 is 28.7 Å². The van der Waals surface area contributed by atoms with E-state index in [-0.39, 0.29) is 6.04 Å². The van der Waals surface area contributed by atoms with E-state index in [1.165, 1.54) is 19.3 Å². The van der Waals surface area contributed by atoms with Gasteiger partial charge in [0.2, 0.25) is 0 Å². The highest BCUT2D eigenvalue weighted by Gasteiger charge is 2.15. The van der Waals surface area contributed by atoms with Gasteiger partial charge in [0.05, 0.1) is 0 Å². The van der Waals surface area contributed by atoms with Crippen LogP contribution in [0.2, 0.25) is 0 Å². The van der Waals surface area contributed by atoms with Crippen molar-refractivity contribution in [3.05, 3.63) is 0 Å². The van der Waals surface area contributed by atoms with Gasteiger partial charge in [0.1, 0.15) is 6.11 Å². The van der Waals surface area contributed by atoms with Gasteiger partial charge in [0, 0.05) is 32.6 Å². The highest BCUT2D eigenvalue weighted by molar-refractivity contribution is 14.1. The molecule has 0 unspecified atom stereocenters. The Bertz CT molecular complexity index is 226.